The number of hydrogen-bond acceptors (Lipinski definition) is 3. The Morgan fingerprint density at radius 3 is 2.73 bits per heavy atom. The summed E-state index contributed by atoms with van der Waals surface area (Å²) in [6.07, 6.45) is 0.727. The number of carbonyl (C=O) groups excluding carboxylic acids is 2. The molecule has 1 rings (SSSR count). The van der Waals surface area contributed by atoms with Crippen LogP contribution >= 0.6 is 0 Å². The minimum absolute atomic E-state index is 0.0458. The Balaban J connectivity index is 2.62. The first kappa shape index (κ1) is 11.4. The lowest BCUT2D eigenvalue weighted by atomic mass is 10.2. The van der Waals surface area contributed by atoms with Crippen molar-refractivity contribution < 1.29 is 18.7 Å². The molecule has 0 aliphatic heterocycles. The van der Waals surface area contributed by atoms with Gasteiger partial charge in [0.15, 0.2) is 0 Å². The summed E-state index contributed by atoms with van der Waals surface area (Å²) < 4.78 is 17.4. The Kier molecular flexibility index (Phi) is 3.97. The van der Waals surface area contributed by atoms with E-state index in [1.54, 1.807) is 6.92 Å². The van der Waals surface area contributed by atoms with E-state index >= 15 is 0 Å². The van der Waals surface area contributed by atoms with Crippen molar-refractivity contribution in [1.29, 1.82) is 0 Å². The molecule has 0 unspecified atom stereocenters. The molecule has 0 fully saturated rings. The molecule has 0 saturated heterocycles. The number of halogens is 1. The number of Topliss-reactive ketones (excluding diaryl/α,β-unsaturated/α-hetero) is 1. The summed E-state index contributed by atoms with van der Waals surface area (Å²) in [6.45, 7) is 1.79. The summed E-state index contributed by atoms with van der Waals surface area (Å²) in [5, 5.41) is 0. The maximum absolute atomic E-state index is 12.7. The maximum atomic E-state index is 12.7. The summed E-state index contributed by atoms with van der Waals surface area (Å²) in [5.74, 6) is -2.00. The quantitative estimate of drug-likeness (QED) is 0.434. The minimum Gasteiger partial charge on any atom is -0.421 e. The van der Waals surface area contributed by atoms with E-state index in [0.717, 1.165) is 6.07 Å². The van der Waals surface area contributed by atoms with Gasteiger partial charge in [-0.05, 0) is 18.6 Å². The van der Waals surface area contributed by atoms with Crippen LogP contribution in [0, 0.1) is 5.82 Å². The van der Waals surface area contributed by atoms with Crippen molar-refractivity contribution in [2.45, 2.75) is 19.8 Å². The summed E-state index contributed by atoms with van der Waals surface area (Å²) >= 11 is 0. The van der Waals surface area contributed by atoms with Crippen molar-refractivity contribution in [1.82, 2.24) is 0 Å². The summed E-state index contributed by atoms with van der Waals surface area (Å²) in [7, 11) is 0. The molecule has 0 aromatic heterocycles. The highest BCUT2D eigenvalue weighted by molar-refractivity contribution is 6.34. The van der Waals surface area contributed by atoms with Crippen LogP contribution in [0.5, 0.6) is 5.75 Å². The van der Waals surface area contributed by atoms with E-state index in [2.05, 4.69) is 4.74 Å². The molecule has 3 nitrogen and oxygen atoms in total. The van der Waals surface area contributed by atoms with E-state index in [1.807, 2.05) is 0 Å². The van der Waals surface area contributed by atoms with Crippen LogP contribution in [0.2, 0.25) is 0 Å². The SMILES string of the molecule is CCCC(=O)C(=O)Oc1cccc(F)c1. The molecule has 1 aromatic carbocycles. The Morgan fingerprint density at radius 2 is 2.13 bits per heavy atom. The first-order chi connectivity index (χ1) is 7.13. The molecule has 0 bridgehead atoms. The average molecular weight is 210 g/mol. The average Bonchev–Trinajstić information content (AvgIpc) is 2.18. The third kappa shape index (κ3) is 3.50. The Labute approximate surface area is 86.9 Å². The lowest BCUT2D eigenvalue weighted by Crippen LogP contribution is -2.19. The van der Waals surface area contributed by atoms with E-state index in [9.17, 15) is 14.0 Å². The zero-order valence-corrected chi connectivity index (χ0v) is 8.33. The Bertz CT molecular complexity index is 374. The lowest BCUT2D eigenvalue weighted by molar-refractivity contribution is -0.147. The highest BCUT2D eigenvalue weighted by Crippen LogP contribution is 2.12. The van der Waals surface area contributed by atoms with Gasteiger partial charge in [0.1, 0.15) is 11.6 Å². The first-order valence-corrected chi connectivity index (χ1v) is 4.64. The van der Waals surface area contributed by atoms with Gasteiger partial charge in [0.2, 0.25) is 5.78 Å². The fourth-order valence-electron chi connectivity index (χ4n) is 1.02. The van der Waals surface area contributed by atoms with Crippen LogP contribution in [-0.2, 0) is 9.59 Å². The van der Waals surface area contributed by atoms with Gasteiger partial charge in [-0.2, -0.15) is 0 Å². The number of benzene rings is 1. The van der Waals surface area contributed by atoms with Crippen LogP contribution in [-0.4, -0.2) is 11.8 Å². The van der Waals surface area contributed by atoms with E-state index in [1.165, 1.54) is 18.2 Å². The van der Waals surface area contributed by atoms with Gasteiger partial charge in [-0.1, -0.05) is 13.0 Å². The molecule has 0 saturated carbocycles. The molecule has 80 valence electrons. The van der Waals surface area contributed by atoms with Gasteiger partial charge in [0.25, 0.3) is 0 Å². The Morgan fingerprint density at radius 1 is 1.40 bits per heavy atom. The highest BCUT2D eigenvalue weighted by Gasteiger charge is 2.14. The van der Waals surface area contributed by atoms with Crippen molar-refractivity contribution in [3.63, 3.8) is 0 Å². The third-order valence-corrected chi connectivity index (χ3v) is 1.71. The lowest BCUT2D eigenvalue weighted by Gasteiger charge is -2.02. The summed E-state index contributed by atoms with van der Waals surface area (Å²) in [4.78, 5) is 22.2. The zero-order valence-electron chi connectivity index (χ0n) is 8.33. The van der Waals surface area contributed by atoms with E-state index in [0.29, 0.717) is 6.42 Å². The predicted octanol–water partition coefficient (Wildman–Crippen LogP) is 2.10. The molecule has 0 aliphatic rings. The van der Waals surface area contributed by atoms with E-state index in [4.69, 9.17) is 0 Å². The summed E-state index contributed by atoms with van der Waals surface area (Å²) in [5.41, 5.74) is 0. The molecular formula is C11H11FO3. The molecule has 0 N–H and O–H groups in total. The van der Waals surface area contributed by atoms with Crippen LogP contribution in [0.3, 0.4) is 0 Å². The summed E-state index contributed by atoms with van der Waals surface area (Å²) in [6, 6.07) is 5.10. The van der Waals surface area contributed by atoms with Gasteiger partial charge >= 0.3 is 5.97 Å². The molecule has 4 heteroatoms. The molecule has 0 radical (unpaired) electrons. The van der Waals surface area contributed by atoms with Crippen LogP contribution in [0.15, 0.2) is 24.3 Å². The Hall–Kier alpha value is -1.71. The second-order valence-corrected chi connectivity index (χ2v) is 3.02. The number of carbonyl (C=O) groups is 2. The fraction of sp³-hybridized carbons (Fsp3) is 0.273. The molecule has 0 atom stereocenters. The standard InChI is InChI=1S/C11H11FO3/c1-2-4-10(13)11(14)15-9-6-3-5-8(12)7-9/h3,5-7H,2,4H2,1H3. The van der Waals surface area contributed by atoms with Crippen molar-refractivity contribution >= 4 is 11.8 Å². The van der Waals surface area contributed by atoms with Crippen molar-refractivity contribution in [3.8, 4) is 5.75 Å². The van der Waals surface area contributed by atoms with Gasteiger partial charge in [-0.15, -0.1) is 0 Å². The van der Waals surface area contributed by atoms with Gasteiger partial charge in [0.05, 0.1) is 0 Å². The van der Waals surface area contributed by atoms with Crippen LogP contribution in [0.4, 0.5) is 4.39 Å². The molecule has 0 heterocycles. The number of esters is 1. The van der Waals surface area contributed by atoms with Gasteiger partial charge in [-0.3, -0.25) is 4.79 Å². The molecule has 0 amide bonds. The number of hydrogen-bond donors (Lipinski definition) is 0. The normalized spacial score (nSPS) is 9.73. The van der Waals surface area contributed by atoms with Crippen LogP contribution in [0.25, 0.3) is 0 Å². The highest BCUT2D eigenvalue weighted by atomic mass is 19.1. The molecule has 15 heavy (non-hydrogen) atoms. The van der Waals surface area contributed by atoms with E-state index in [-0.39, 0.29) is 12.2 Å². The van der Waals surface area contributed by atoms with Crippen LogP contribution in [0.1, 0.15) is 19.8 Å². The molecule has 0 spiro atoms. The number of ketones is 1. The second kappa shape index (κ2) is 5.24. The van der Waals surface area contributed by atoms with E-state index < -0.39 is 17.6 Å². The molecular weight excluding hydrogens is 199 g/mol. The van der Waals surface area contributed by atoms with Gasteiger partial charge in [0, 0.05) is 12.5 Å². The van der Waals surface area contributed by atoms with Crippen molar-refractivity contribution in [2.24, 2.45) is 0 Å². The topological polar surface area (TPSA) is 43.4 Å². The second-order valence-electron chi connectivity index (χ2n) is 3.02. The maximum Gasteiger partial charge on any atom is 0.379 e. The molecule has 0 aliphatic carbocycles. The number of ether oxygens (including phenoxy) is 1. The third-order valence-electron chi connectivity index (χ3n) is 1.71. The zero-order chi connectivity index (χ0) is 11.3. The number of rotatable bonds is 4. The smallest absolute Gasteiger partial charge is 0.379 e. The fourth-order valence-corrected chi connectivity index (χ4v) is 1.02. The predicted molar refractivity (Wildman–Crippen MR) is 52.0 cm³/mol. The largest absolute Gasteiger partial charge is 0.421 e. The van der Waals surface area contributed by atoms with Crippen molar-refractivity contribution in [2.75, 3.05) is 0 Å². The minimum atomic E-state index is -0.942. The van der Waals surface area contributed by atoms with Gasteiger partial charge < -0.3 is 4.74 Å². The van der Waals surface area contributed by atoms with Crippen LogP contribution < -0.4 is 4.74 Å². The first-order valence-electron chi connectivity index (χ1n) is 4.64. The van der Waals surface area contributed by atoms with Gasteiger partial charge in [-0.25, -0.2) is 9.18 Å². The molecule has 1 aromatic rings. The van der Waals surface area contributed by atoms with Crippen molar-refractivity contribution in [3.05, 3.63) is 30.1 Å². The monoisotopic (exact) mass is 210 g/mol.